The molecule has 0 bridgehead atoms. The smallest absolute Gasteiger partial charge is 0.263 e. The van der Waals surface area contributed by atoms with E-state index >= 15 is 0 Å². The van der Waals surface area contributed by atoms with Crippen LogP contribution in [0.15, 0.2) is 96.1 Å². The second-order valence-corrected chi connectivity index (χ2v) is 6.22. The molecular weight excluding hydrogens is 350 g/mol. The molecule has 0 unspecified atom stereocenters. The third kappa shape index (κ3) is 3.04. The molecule has 0 aliphatic carbocycles. The minimum absolute atomic E-state index is 0.258. The molecule has 0 saturated heterocycles. The Balaban J connectivity index is 2.07. The zero-order chi connectivity index (χ0) is 19.5. The molecule has 0 saturated carbocycles. The fourth-order valence-electron chi connectivity index (χ4n) is 3.16. The maximum atomic E-state index is 13.3. The first kappa shape index (κ1) is 17.3. The van der Waals surface area contributed by atoms with Crippen LogP contribution in [0.5, 0.6) is 0 Å². The Morgan fingerprint density at radius 2 is 1.61 bits per heavy atom. The quantitative estimate of drug-likeness (QED) is 0.411. The van der Waals surface area contributed by atoms with Gasteiger partial charge < -0.3 is 5.21 Å². The summed E-state index contributed by atoms with van der Waals surface area (Å²) in [4.78, 5) is 13.3. The van der Waals surface area contributed by atoms with Gasteiger partial charge in [0.1, 0.15) is 0 Å². The van der Waals surface area contributed by atoms with Crippen LogP contribution in [0, 0.1) is 16.5 Å². The number of nitrogens with zero attached hydrogens (tertiary/aromatic N) is 3. The summed E-state index contributed by atoms with van der Waals surface area (Å²) >= 11 is 0. The Hall–Kier alpha value is -4.17. The summed E-state index contributed by atoms with van der Waals surface area (Å²) in [5.41, 5.74) is 2.73. The molecule has 134 valence electrons. The van der Waals surface area contributed by atoms with Gasteiger partial charge in [-0.1, -0.05) is 36.4 Å². The van der Waals surface area contributed by atoms with E-state index in [0.29, 0.717) is 33.6 Å². The standard InChI is InChI=1S/C23H15N3O2/c24-15-17-8-4-5-11-20(17)21-14-18(22-12-6-7-13-26(22)28)16-25(23(21)27)19-9-2-1-3-10-19/h1-14,16H. The maximum Gasteiger partial charge on any atom is 0.263 e. The lowest BCUT2D eigenvalue weighted by molar-refractivity contribution is -0.593. The molecule has 4 rings (SSSR count). The van der Waals surface area contributed by atoms with Gasteiger partial charge in [0.2, 0.25) is 5.69 Å². The molecule has 4 aromatic rings. The van der Waals surface area contributed by atoms with Crippen molar-refractivity contribution in [3.63, 3.8) is 0 Å². The van der Waals surface area contributed by atoms with Crippen molar-refractivity contribution in [1.29, 1.82) is 5.26 Å². The summed E-state index contributed by atoms with van der Waals surface area (Å²) in [7, 11) is 0. The number of benzene rings is 2. The van der Waals surface area contributed by atoms with Crippen LogP contribution in [0.1, 0.15) is 5.56 Å². The lowest BCUT2D eigenvalue weighted by Gasteiger charge is -2.13. The van der Waals surface area contributed by atoms with Gasteiger partial charge in [0.15, 0.2) is 6.20 Å². The van der Waals surface area contributed by atoms with Crippen molar-refractivity contribution in [2.45, 2.75) is 0 Å². The van der Waals surface area contributed by atoms with Gasteiger partial charge in [-0.15, -0.1) is 0 Å². The Kier molecular flexibility index (Phi) is 4.45. The van der Waals surface area contributed by atoms with Crippen molar-refractivity contribution < 1.29 is 4.73 Å². The van der Waals surface area contributed by atoms with Gasteiger partial charge in [-0.25, -0.2) is 0 Å². The fourth-order valence-corrected chi connectivity index (χ4v) is 3.16. The predicted molar refractivity (Wildman–Crippen MR) is 107 cm³/mol. The maximum absolute atomic E-state index is 13.3. The molecule has 28 heavy (non-hydrogen) atoms. The van der Waals surface area contributed by atoms with E-state index in [2.05, 4.69) is 6.07 Å². The Morgan fingerprint density at radius 1 is 0.893 bits per heavy atom. The van der Waals surface area contributed by atoms with Gasteiger partial charge in [-0.05, 0) is 30.3 Å². The molecule has 2 aromatic heterocycles. The van der Waals surface area contributed by atoms with Gasteiger partial charge in [0.25, 0.3) is 5.56 Å². The van der Waals surface area contributed by atoms with Crippen LogP contribution in [0.3, 0.4) is 0 Å². The van der Waals surface area contributed by atoms with E-state index in [1.165, 1.54) is 10.8 Å². The molecule has 5 heteroatoms. The van der Waals surface area contributed by atoms with Crippen LogP contribution < -0.4 is 10.3 Å². The Labute approximate surface area is 161 Å². The highest BCUT2D eigenvalue weighted by Gasteiger charge is 2.17. The number of hydrogen-bond acceptors (Lipinski definition) is 3. The van der Waals surface area contributed by atoms with Crippen molar-refractivity contribution in [2.24, 2.45) is 0 Å². The largest absolute Gasteiger partial charge is 0.618 e. The molecule has 5 nitrogen and oxygen atoms in total. The van der Waals surface area contributed by atoms with Crippen molar-refractivity contribution in [3.05, 3.63) is 112 Å². The summed E-state index contributed by atoms with van der Waals surface area (Å²) in [6.45, 7) is 0. The number of hydrogen-bond donors (Lipinski definition) is 0. The monoisotopic (exact) mass is 365 g/mol. The van der Waals surface area contributed by atoms with Crippen molar-refractivity contribution >= 4 is 0 Å². The average Bonchev–Trinajstić information content (AvgIpc) is 2.75. The molecule has 0 aliphatic rings. The van der Waals surface area contributed by atoms with E-state index in [0.717, 1.165) is 4.73 Å². The zero-order valence-corrected chi connectivity index (χ0v) is 14.8. The number of nitriles is 1. The van der Waals surface area contributed by atoms with Crippen molar-refractivity contribution in [2.75, 3.05) is 0 Å². The van der Waals surface area contributed by atoms with Crippen LogP contribution in [0.25, 0.3) is 28.1 Å². The molecule has 0 radical (unpaired) electrons. The predicted octanol–water partition coefficient (Wildman–Crippen LogP) is 3.68. The molecular formula is C23H15N3O2. The summed E-state index contributed by atoms with van der Waals surface area (Å²) in [6.07, 6.45) is 3.07. The molecule has 0 fully saturated rings. The fraction of sp³-hybridized carbons (Fsp3) is 0. The SMILES string of the molecule is N#Cc1ccccc1-c1cc(-c2cccc[n+]2[O-])cn(-c2ccccc2)c1=O. The highest BCUT2D eigenvalue weighted by Crippen LogP contribution is 2.25. The topological polar surface area (TPSA) is 72.7 Å². The van der Waals surface area contributed by atoms with E-state index in [4.69, 9.17) is 0 Å². The summed E-state index contributed by atoms with van der Waals surface area (Å²) in [5, 5.41) is 21.8. The molecule has 2 heterocycles. The summed E-state index contributed by atoms with van der Waals surface area (Å²) < 4.78 is 2.26. The first-order valence-corrected chi connectivity index (χ1v) is 8.69. The number of para-hydroxylation sites is 1. The van der Waals surface area contributed by atoms with Crippen LogP contribution >= 0.6 is 0 Å². The van der Waals surface area contributed by atoms with Gasteiger partial charge in [0, 0.05) is 35.1 Å². The van der Waals surface area contributed by atoms with Gasteiger partial charge >= 0.3 is 0 Å². The third-order valence-corrected chi connectivity index (χ3v) is 4.51. The summed E-state index contributed by atoms with van der Waals surface area (Å²) in [6, 6.07) is 25.1. The number of aromatic nitrogens is 2. The van der Waals surface area contributed by atoms with Gasteiger partial charge in [-0.3, -0.25) is 9.36 Å². The minimum atomic E-state index is -0.258. The second kappa shape index (κ2) is 7.22. The Bertz CT molecular complexity index is 1250. The normalized spacial score (nSPS) is 10.4. The molecule has 0 atom stereocenters. The van der Waals surface area contributed by atoms with Crippen molar-refractivity contribution in [1.82, 2.24) is 4.57 Å². The lowest BCUT2D eigenvalue weighted by atomic mass is 9.99. The molecule has 0 N–H and O–H groups in total. The first-order valence-electron chi connectivity index (χ1n) is 8.69. The molecule has 0 spiro atoms. The third-order valence-electron chi connectivity index (χ3n) is 4.51. The van der Waals surface area contributed by atoms with E-state index in [9.17, 15) is 15.3 Å². The van der Waals surface area contributed by atoms with Crippen LogP contribution in [0.4, 0.5) is 0 Å². The second-order valence-electron chi connectivity index (χ2n) is 6.22. The number of rotatable bonds is 3. The highest BCUT2D eigenvalue weighted by atomic mass is 16.5. The lowest BCUT2D eigenvalue weighted by Crippen LogP contribution is -2.29. The van der Waals surface area contributed by atoms with Crippen molar-refractivity contribution in [3.8, 4) is 34.1 Å². The minimum Gasteiger partial charge on any atom is -0.618 e. The summed E-state index contributed by atoms with van der Waals surface area (Å²) in [5.74, 6) is 0. The van der Waals surface area contributed by atoms with E-state index < -0.39 is 0 Å². The molecule has 2 aromatic carbocycles. The van der Waals surface area contributed by atoms with Gasteiger partial charge in [-0.2, -0.15) is 9.99 Å². The average molecular weight is 365 g/mol. The first-order chi connectivity index (χ1) is 13.7. The van der Waals surface area contributed by atoms with E-state index in [-0.39, 0.29) is 5.56 Å². The van der Waals surface area contributed by atoms with E-state index in [1.54, 1.807) is 54.7 Å². The van der Waals surface area contributed by atoms with Crippen LogP contribution in [-0.4, -0.2) is 4.57 Å². The van der Waals surface area contributed by atoms with Gasteiger partial charge in [0.05, 0.1) is 17.2 Å². The van der Waals surface area contributed by atoms with Crippen LogP contribution in [0.2, 0.25) is 0 Å². The Morgan fingerprint density at radius 3 is 2.36 bits per heavy atom. The van der Waals surface area contributed by atoms with E-state index in [1.807, 2.05) is 30.3 Å². The number of pyridine rings is 2. The highest BCUT2D eigenvalue weighted by molar-refractivity contribution is 5.74. The molecule has 0 aliphatic heterocycles. The van der Waals surface area contributed by atoms with Crippen LogP contribution in [-0.2, 0) is 0 Å². The molecule has 0 amide bonds. The zero-order valence-electron chi connectivity index (χ0n) is 14.8.